The van der Waals surface area contributed by atoms with Crippen LogP contribution in [0.15, 0.2) is 33.5 Å². The number of amides is 2. The minimum absolute atomic E-state index is 0.151. The highest BCUT2D eigenvalue weighted by atomic mass is 16.4. The van der Waals surface area contributed by atoms with Crippen molar-refractivity contribution in [3.05, 3.63) is 51.8 Å². The van der Waals surface area contributed by atoms with Crippen molar-refractivity contribution in [2.24, 2.45) is 17.8 Å². The summed E-state index contributed by atoms with van der Waals surface area (Å²) in [6.45, 7) is 11.1. The zero-order chi connectivity index (χ0) is 30.2. The molecule has 0 unspecified atom stereocenters. The van der Waals surface area contributed by atoms with Gasteiger partial charge in [0.15, 0.2) is 0 Å². The predicted molar refractivity (Wildman–Crippen MR) is 160 cm³/mol. The maximum atomic E-state index is 13.7. The molecule has 1 aliphatic heterocycles. The second-order valence-electron chi connectivity index (χ2n) is 12.8. The van der Waals surface area contributed by atoms with E-state index in [0.29, 0.717) is 43.7 Å². The van der Waals surface area contributed by atoms with E-state index < -0.39 is 23.5 Å². The van der Waals surface area contributed by atoms with Crippen LogP contribution in [0.25, 0.3) is 0 Å². The van der Waals surface area contributed by atoms with E-state index in [1.807, 2.05) is 38.1 Å². The van der Waals surface area contributed by atoms with E-state index in [2.05, 4.69) is 34.5 Å². The van der Waals surface area contributed by atoms with Gasteiger partial charge in [0.2, 0.25) is 11.7 Å². The Balaban J connectivity index is 1.47. The van der Waals surface area contributed by atoms with Crippen LogP contribution in [0.3, 0.4) is 0 Å². The highest BCUT2D eigenvalue weighted by molar-refractivity contribution is 5.99. The largest absolute Gasteiger partial charge is 0.437 e. The Bertz CT molecular complexity index is 1280. The Morgan fingerprint density at radius 3 is 2.40 bits per heavy atom. The second-order valence-corrected chi connectivity index (χ2v) is 12.8. The number of carbonyl (C=O) groups excluding carboxylic acids is 3. The number of nitrogens with one attached hydrogen (secondary N) is 2. The molecule has 1 aromatic carbocycles. The van der Waals surface area contributed by atoms with Gasteiger partial charge in [-0.3, -0.25) is 19.3 Å². The number of benzene rings is 1. The summed E-state index contributed by atoms with van der Waals surface area (Å²) >= 11 is 0. The van der Waals surface area contributed by atoms with Crippen LogP contribution in [-0.4, -0.2) is 57.5 Å². The van der Waals surface area contributed by atoms with Crippen molar-refractivity contribution in [1.82, 2.24) is 25.3 Å². The Morgan fingerprint density at radius 1 is 0.976 bits per heavy atom. The van der Waals surface area contributed by atoms with Crippen molar-refractivity contribution in [2.45, 2.75) is 104 Å². The molecule has 1 aromatic heterocycles. The van der Waals surface area contributed by atoms with Gasteiger partial charge >= 0.3 is 5.76 Å². The lowest BCUT2D eigenvalue weighted by Gasteiger charge is -2.32. The average molecular weight is 582 g/mol. The van der Waals surface area contributed by atoms with Gasteiger partial charge in [-0.2, -0.15) is 4.68 Å². The molecule has 10 heteroatoms. The lowest BCUT2D eigenvalue weighted by atomic mass is 9.83. The molecule has 0 spiro atoms. The number of aromatic nitrogens is 2. The molecule has 2 fully saturated rings. The van der Waals surface area contributed by atoms with Crippen molar-refractivity contribution >= 4 is 17.6 Å². The first-order chi connectivity index (χ1) is 20.1. The highest BCUT2D eigenvalue weighted by Gasteiger charge is 2.36. The smallest absolute Gasteiger partial charge is 0.384 e. The maximum Gasteiger partial charge on any atom is 0.437 e. The van der Waals surface area contributed by atoms with Crippen molar-refractivity contribution < 1.29 is 18.8 Å². The topological polar surface area (TPSA) is 127 Å². The van der Waals surface area contributed by atoms with Gasteiger partial charge in [0.05, 0.1) is 18.5 Å². The molecule has 3 atom stereocenters. The Hall–Kier alpha value is -3.27. The van der Waals surface area contributed by atoms with E-state index in [9.17, 15) is 19.2 Å². The monoisotopic (exact) mass is 581 g/mol. The summed E-state index contributed by atoms with van der Waals surface area (Å²) < 4.78 is 6.37. The van der Waals surface area contributed by atoms with Gasteiger partial charge in [0, 0.05) is 18.2 Å². The molecule has 230 valence electrons. The van der Waals surface area contributed by atoms with Crippen LogP contribution in [0.5, 0.6) is 0 Å². The molecule has 1 saturated heterocycles. The van der Waals surface area contributed by atoms with Crippen LogP contribution in [0.2, 0.25) is 0 Å². The van der Waals surface area contributed by atoms with Crippen LogP contribution in [0.4, 0.5) is 0 Å². The van der Waals surface area contributed by atoms with Crippen LogP contribution in [0.1, 0.15) is 106 Å². The molecule has 1 saturated carbocycles. The SMILES string of the molecule is CC(C)CC[C@H](NC(=O)[C@@H]1CCCC[C@@H]1NC(=O)c1ccccc1CN1CCCC1)C(=O)c1nn(CC(C)C)c(=O)o1. The van der Waals surface area contributed by atoms with Gasteiger partial charge in [-0.1, -0.05) is 58.7 Å². The number of rotatable bonds is 13. The van der Waals surface area contributed by atoms with E-state index in [1.54, 1.807) is 0 Å². The number of likely N-dealkylation sites (tertiary alicyclic amines) is 1. The summed E-state index contributed by atoms with van der Waals surface area (Å²) in [5, 5.41) is 10.2. The number of hydrogen-bond acceptors (Lipinski definition) is 7. The summed E-state index contributed by atoms with van der Waals surface area (Å²) in [5.41, 5.74) is 1.64. The third-order valence-electron chi connectivity index (χ3n) is 8.29. The average Bonchev–Trinajstić information content (AvgIpc) is 3.60. The maximum absolute atomic E-state index is 13.7. The van der Waals surface area contributed by atoms with E-state index in [0.717, 1.165) is 42.7 Å². The van der Waals surface area contributed by atoms with Gasteiger partial charge in [-0.15, -0.1) is 5.10 Å². The minimum Gasteiger partial charge on any atom is -0.384 e. The van der Waals surface area contributed by atoms with E-state index in [1.165, 1.54) is 12.8 Å². The van der Waals surface area contributed by atoms with Crippen molar-refractivity contribution in [1.29, 1.82) is 0 Å². The van der Waals surface area contributed by atoms with Crippen LogP contribution < -0.4 is 16.4 Å². The van der Waals surface area contributed by atoms with Crippen molar-refractivity contribution in [3.8, 4) is 0 Å². The predicted octanol–water partition coefficient (Wildman–Crippen LogP) is 4.18. The lowest BCUT2D eigenvalue weighted by Crippen LogP contribution is -2.52. The number of carbonyl (C=O) groups is 3. The van der Waals surface area contributed by atoms with Gasteiger partial charge in [-0.05, 0) is 75.1 Å². The fraction of sp³-hybridized carbons (Fsp3) is 0.656. The second kappa shape index (κ2) is 14.8. The van der Waals surface area contributed by atoms with Gasteiger partial charge in [0.25, 0.3) is 11.8 Å². The Kier molecular flexibility index (Phi) is 11.1. The molecule has 2 amide bonds. The molecule has 0 radical (unpaired) electrons. The van der Waals surface area contributed by atoms with Gasteiger partial charge < -0.3 is 15.1 Å². The van der Waals surface area contributed by atoms with Crippen molar-refractivity contribution in [3.63, 3.8) is 0 Å². The zero-order valence-corrected chi connectivity index (χ0v) is 25.6. The highest BCUT2D eigenvalue weighted by Crippen LogP contribution is 2.26. The molecule has 0 bridgehead atoms. The van der Waals surface area contributed by atoms with Gasteiger partial charge in [-0.25, -0.2) is 4.79 Å². The van der Waals surface area contributed by atoms with Crippen LogP contribution in [-0.2, 0) is 17.9 Å². The van der Waals surface area contributed by atoms with Crippen LogP contribution >= 0.6 is 0 Å². The number of ketones is 1. The minimum atomic E-state index is -0.870. The fourth-order valence-electron chi connectivity index (χ4n) is 5.99. The van der Waals surface area contributed by atoms with Gasteiger partial charge in [0.1, 0.15) is 0 Å². The zero-order valence-electron chi connectivity index (χ0n) is 25.6. The molecule has 10 nitrogen and oxygen atoms in total. The molecular formula is C32H47N5O5. The standard InChI is InChI=1S/C32H47N5O5/c1-21(2)15-16-27(28(38)31-35-37(19-22(3)4)32(41)42-31)34-30(40)25-13-7-8-14-26(25)33-29(39)24-12-6-5-11-23(24)20-36-17-9-10-18-36/h5-6,11-12,21-22,25-27H,7-10,13-20H2,1-4H3,(H,33,39)(H,34,40)/t25-,26+,27+/m1/s1. The molecule has 1 aliphatic carbocycles. The van der Waals surface area contributed by atoms with Crippen LogP contribution in [0, 0.1) is 17.8 Å². The Morgan fingerprint density at radius 2 is 1.69 bits per heavy atom. The third kappa shape index (κ3) is 8.40. The first-order valence-electron chi connectivity index (χ1n) is 15.7. The summed E-state index contributed by atoms with van der Waals surface area (Å²) in [6.07, 6.45) is 6.56. The first-order valence-corrected chi connectivity index (χ1v) is 15.7. The number of Topliss-reactive ketones (excluding diaryl/α,β-unsaturated/α-hetero) is 1. The third-order valence-corrected chi connectivity index (χ3v) is 8.29. The lowest BCUT2D eigenvalue weighted by molar-refractivity contribution is -0.127. The Labute approximate surface area is 248 Å². The molecule has 42 heavy (non-hydrogen) atoms. The summed E-state index contributed by atoms with van der Waals surface area (Å²) in [5.74, 6) is -1.90. The molecule has 2 N–H and O–H groups in total. The molecular weight excluding hydrogens is 534 g/mol. The molecule has 2 heterocycles. The summed E-state index contributed by atoms with van der Waals surface area (Å²) in [7, 11) is 0. The van der Waals surface area contributed by atoms with Crippen molar-refractivity contribution in [2.75, 3.05) is 13.1 Å². The fourth-order valence-corrected chi connectivity index (χ4v) is 5.99. The summed E-state index contributed by atoms with van der Waals surface area (Å²) in [4.78, 5) is 55.3. The van der Waals surface area contributed by atoms with E-state index in [4.69, 9.17) is 4.42 Å². The number of nitrogens with zero attached hydrogens (tertiary/aromatic N) is 3. The molecule has 4 rings (SSSR count). The normalized spacial score (nSPS) is 20.1. The summed E-state index contributed by atoms with van der Waals surface area (Å²) in [6, 6.07) is 6.48. The van der Waals surface area contributed by atoms with E-state index in [-0.39, 0.29) is 29.7 Å². The molecule has 2 aromatic rings. The first kappa shape index (κ1) is 31.7. The number of hydrogen-bond donors (Lipinski definition) is 2. The molecule has 2 aliphatic rings. The van der Waals surface area contributed by atoms with E-state index >= 15 is 0 Å². The quantitative estimate of drug-likeness (QED) is 0.340.